The summed E-state index contributed by atoms with van der Waals surface area (Å²) < 4.78 is 5.74. The minimum absolute atomic E-state index is 0.366. The molecule has 1 aromatic rings. The highest BCUT2D eigenvalue weighted by Gasteiger charge is 2.12. The number of rotatable bonds is 3. The van der Waals surface area contributed by atoms with Crippen LogP contribution < -0.4 is 5.32 Å². The Bertz CT molecular complexity index is 257. The van der Waals surface area contributed by atoms with Crippen LogP contribution in [0.2, 0.25) is 0 Å². The molecule has 3 heteroatoms. The summed E-state index contributed by atoms with van der Waals surface area (Å²) in [4.78, 5) is 4.22. The van der Waals surface area contributed by atoms with E-state index in [1.165, 1.54) is 12.8 Å². The fraction of sp³-hybridized carbons (Fsp3) is 0.545. The van der Waals surface area contributed by atoms with Crippen LogP contribution in [0, 0.1) is 0 Å². The average molecular weight is 192 g/mol. The minimum Gasteiger partial charge on any atom is -0.371 e. The lowest BCUT2D eigenvalue weighted by atomic mass is 10.1. The molecule has 0 aliphatic carbocycles. The van der Waals surface area contributed by atoms with E-state index in [9.17, 15) is 0 Å². The number of nitrogens with one attached hydrogen (secondary N) is 1. The molecule has 0 aromatic carbocycles. The lowest BCUT2D eigenvalue weighted by Gasteiger charge is -2.22. The van der Waals surface area contributed by atoms with Gasteiger partial charge in [-0.05, 0) is 31.5 Å². The molecule has 2 rings (SSSR count). The van der Waals surface area contributed by atoms with Crippen LogP contribution in [0.5, 0.6) is 0 Å². The number of nitrogens with zero attached hydrogens (tertiary/aromatic N) is 1. The summed E-state index contributed by atoms with van der Waals surface area (Å²) in [6.45, 7) is 2.74. The van der Waals surface area contributed by atoms with Crippen LogP contribution >= 0.6 is 0 Å². The van der Waals surface area contributed by atoms with Crippen molar-refractivity contribution in [3.8, 4) is 0 Å². The normalized spacial score (nSPS) is 22.1. The maximum absolute atomic E-state index is 5.74. The number of piperidine rings is 1. The highest BCUT2D eigenvalue weighted by molar-refractivity contribution is 5.01. The van der Waals surface area contributed by atoms with Gasteiger partial charge in [0.1, 0.15) is 0 Å². The molecule has 1 aromatic heterocycles. The first-order valence-electron chi connectivity index (χ1n) is 5.17. The van der Waals surface area contributed by atoms with Gasteiger partial charge in [-0.1, -0.05) is 6.07 Å². The molecule has 14 heavy (non-hydrogen) atoms. The molecule has 0 saturated carbocycles. The Labute approximate surface area is 84.5 Å². The standard InChI is InChI=1S/C11H16N2O/c1-2-7-13-10(4-1)9-14-11-5-3-6-12-8-11/h1-2,4,7,11-12H,3,5-6,8-9H2. The van der Waals surface area contributed by atoms with E-state index in [4.69, 9.17) is 4.74 Å². The zero-order chi connectivity index (χ0) is 9.64. The van der Waals surface area contributed by atoms with Gasteiger partial charge in [-0.2, -0.15) is 0 Å². The molecular weight excluding hydrogens is 176 g/mol. The summed E-state index contributed by atoms with van der Waals surface area (Å²) in [5.41, 5.74) is 1.01. The third-order valence-electron chi connectivity index (χ3n) is 2.44. The van der Waals surface area contributed by atoms with E-state index in [0.29, 0.717) is 12.7 Å². The van der Waals surface area contributed by atoms with Crippen molar-refractivity contribution in [1.29, 1.82) is 0 Å². The van der Waals surface area contributed by atoms with Gasteiger partial charge in [0.15, 0.2) is 0 Å². The molecule has 0 radical (unpaired) electrons. The maximum atomic E-state index is 5.74. The van der Waals surface area contributed by atoms with Gasteiger partial charge in [0.2, 0.25) is 0 Å². The van der Waals surface area contributed by atoms with Gasteiger partial charge in [-0.25, -0.2) is 0 Å². The lowest BCUT2D eigenvalue weighted by molar-refractivity contribution is 0.0236. The highest BCUT2D eigenvalue weighted by Crippen LogP contribution is 2.08. The largest absolute Gasteiger partial charge is 0.371 e. The quantitative estimate of drug-likeness (QED) is 0.785. The third kappa shape index (κ3) is 2.79. The number of hydrogen-bond donors (Lipinski definition) is 1. The Morgan fingerprint density at radius 2 is 2.50 bits per heavy atom. The molecule has 0 amide bonds. The monoisotopic (exact) mass is 192 g/mol. The van der Waals surface area contributed by atoms with Gasteiger partial charge in [-0.3, -0.25) is 4.98 Å². The molecule has 1 saturated heterocycles. The number of hydrogen-bond acceptors (Lipinski definition) is 3. The summed E-state index contributed by atoms with van der Waals surface area (Å²) in [6, 6.07) is 5.91. The van der Waals surface area contributed by atoms with Crippen molar-refractivity contribution in [3.63, 3.8) is 0 Å². The summed E-state index contributed by atoms with van der Waals surface area (Å²) in [7, 11) is 0. The minimum atomic E-state index is 0.366. The smallest absolute Gasteiger partial charge is 0.0892 e. The van der Waals surface area contributed by atoms with Gasteiger partial charge < -0.3 is 10.1 Å². The first-order valence-corrected chi connectivity index (χ1v) is 5.17. The van der Waals surface area contributed by atoms with E-state index >= 15 is 0 Å². The second-order valence-electron chi connectivity index (χ2n) is 3.60. The van der Waals surface area contributed by atoms with Crippen molar-refractivity contribution in [2.45, 2.75) is 25.6 Å². The fourth-order valence-electron chi connectivity index (χ4n) is 1.65. The van der Waals surface area contributed by atoms with Gasteiger partial charge in [0.05, 0.1) is 18.4 Å². The molecule has 1 N–H and O–H groups in total. The summed E-state index contributed by atoms with van der Waals surface area (Å²) >= 11 is 0. The average Bonchev–Trinajstić information content (AvgIpc) is 2.29. The molecular formula is C11H16N2O. The maximum Gasteiger partial charge on any atom is 0.0892 e. The number of ether oxygens (including phenoxy) is 1. The topological polar surface area (TPSA) is 34.1 Å². The van der Waals surface area contributed by atoms with Crippen LogP contribution in [0.1, 0.15) is 18.5 Å². The zero-order valence-electron chi connectivity index (χ0n) is 8.28. The van der Waals surface area contributed by atoms with E-state index in [-0.39, 0.29) is 0 Å². The molecule has 1 unspecified atom stereocenters. The Kier molecular flexibility index (Phi) is 3.49. The Morgan fingerprint density at radius 1 is 1.50 bits per heavy atom. The summed E-state index contributed by atoms with van der Waals surface area (Å²) in [5, 5.41) is 3.33. The van der Waals surface area contributed by atoms with E-state index in [2.05, 4.69) is 10.3 Å². The second-order valence-corrected chi connectivity index (χ2v) is 3.60. The van der Waals surface area contributed by atoms with Crippen LogP contribution in [-0.4, -0.2) is 24.2 Å². The van der Waals surface area contributed by atoms with Crippen molar-refractivity contribution in [2.75, 3.05) is 13.1 Å². The molecule has 0 bridgehead atoms. The predicted octanol–water partition coefficient (Wildman–Crippen LogP) is 1.35. The molecule has 0 spiro atoms. The molecule has 1 aliphatic heterocycles. The highest BCUT2D eigenvalue weighted by atomic mass is 16.5. The number of pyridine rings is 1. The molecule has 2 heterocycles. The third-order valence-corrected chi connectivity index (χ3v) is 2.44. The molecule has 76 valence electrons. The van der Waals surface area contributed by atoms with E-state index < -0.39 is 0 Å². The van der Waals surface area contributed by atoms with Crippen molar-refractivity contribution >= 4 is 0 Å². The lowest BCUT2D eigenvalue weighted by Crippen LogP contribution is -2.35. The Balaban J connectivity index is 1.76. The van der Waals surface area contributed by atoms with Crippen LogP contribution in [0.15, 0.2) is 24.4 Å². The first-order chi connectivity index (χ1) is 6.95. The SMILES string of the molecule is c1ccc(COC2CCCNC2)nc1. The predicted molar refractivity (Wildman–Crippen MR) is 54.9 cm³/mol. The van der Waals surface area contributed by atoms with Crippen LogP contribution in [-0.2, 0) is 11.3 Å². The van der Waals surface area contributed by atoms with Crippen molar-refractivity contribution in [2.24, 2.45) is 0 Å². The van der Waals surface area contributed by atoms with Crippen LogP contribution in [0.25, 0.3) is 0 Å². The molecule has 3 nitrogen and oxygen atoms in total. The van der Waals surface area contributed by atoms with E-state index in [0.717, 1.165) is 18.8 Å². The van der Waals surface area contributed by atoms with Gasteiger partial charge in [0.25, 0.3) is 0 Å². The van der Waals surface area contributed by atoms with Crippen molar-refractivity contribution in [1.82, 2.24) is 10.3 Å². The summed E-state index contributed by atoms with van der Waals surface area (Å²) in [6.07, 6.45) is 4.55. The van der Waals surface area contributed by atoms with Gasteiger partial charge in [0, 0.05) is 12.7 Å². The Hall–Kier alpha value is -0.930. The molecule has 1 aliphatic rings. The van der Waals surface area contributed by atoms with Crippen LogP contribution in [0.3, 0.4) is 0 Å². The van der Waals surface area contributed by atoms with E-state index in [1.54, 1.807) is 6.20 Å². The van der Waals surface area contributed by atoms with Gasteiger partial charge >= 0.3 is 0 Å². The van der Waals surface area contributed by atoms with Crippen molar-refractivity contribution in [3.05, 3.63) is 30.1 Å². The molecule has 1 atom stereocenters. The number of aromatic nitrogens is 1. The van der Waals surface area contributed by atoms with E-state index in [1.807, 2.05) is 18.2 Å². The molecule has 1 fully saturated rings. The zero-order valence-corrected chi connectivity index (χ0v) is 8.28. The fourth-order valence-corrected chi connectivity index (χ4v) is 1.65. The van der Waals surface area contributed by atoms with Crippen molar-refractivity contribution < 1.29 is 4.74 Å². The summed E-state index contributed by atoms with van der Waals surface area (Å²) in [5.74, 6) is 0. The first kappa shape index (κ1) is 9.62. The Morgan fingerprint density at radius 3 is 3.21 bits per heavy atom. The second kappa shape index (κ2) is 5.08. The van der Waals surface area contributed by atoms with Gasteiger partial charge in [-0.15, -0.1) is 0 Å². The van der Waals surface area contributed by atoms with Crippen LogP contribution in [0.4, 0.5) is 0 Å².